The number of nitrogens with one attached hydrogen (secondary N) is 1. The first-order chi connectivity index (χ1) is 28.3. The van der Waals surface area contributed by atoms with Gasteiger partial charge in [0.2, 0.25) is 5.60 Å². The third kappa shape index (κ3) is 5.07. The van der Waals surface area contributed by atoms with Gasteiger partial charge in [0, 0.05) is 103 Å². The van der Waals surface area contributed by atoms with E-state index in [-0.39, 0.29) is 24.2 Å². The quantitative estimate of drug-likeness (QED) is 0.202. The van der Waals surface area contributed by atoms with E-state index in [0.717, 1.165) is 28.6 Å². The maximum absolute atomic E-state index is 15.3. The van der Waals surface area contributed by atoms with Gasteiger partial charge in [0.1, 0.15) is 16.9 Å². The molecule has 1 aromatic heterocycles. The van der Waals surface area contributed by atoms with E-state index in [9.17, 15) is 19.5 Å². The number of ether oxygens (including phenoxy) is 4. The number of aromatic amines is 1. The summed E-state index contributed by atoms with van der Waals surface area (Å²) in [5.41, 5.74) is -1.13. The average molecular weight is 809 g/mol. The van der Waals surface area contributed by atoms with Crippen LogP contribution in [0, 0.1) is 17.3 Å². The number of fused-ring (bicyclic) bond motifs is 6. The number of Topliss-reactive ketones (excluding diaryl/α,β-unsaturated/α-hetero) is 1. The number of hydrogen-bond donors (Lipinski definition) is 2. The van der Waals surface area contributed by atoms with Crippen LogP contribution in [0.2, 0.25) is 0 Å². The first kappa shape index (κ1) is 39.7. The number of esters is 3. The number of aromatic nitrogens is 1. The second-order valence-electron chi connectivity index (χ2n) is 17.8. The molecule has 1 saturated carbocycles. The van der Waals surface area contributed by atoms with Gasteiger partial charge < -0.3 is 38.8 Å². The number of anilines is 1. The number of benzene rings is 2. The van der Waals surface area contributed by atoms with Gasteiger partial charge in [-0.05, 0) is 61.9 Å². The van der Waals surface area contributed by atoms with Crippen molar-refractivity contribution in [2.45, 2.75) is 87.5 Å². The highest BCUT2D eigenvalue weighted by Crippen LogP contribution is 2.68. The lowest BCUT2D eigenvalue weighted by Gasteiger charge is -2.63. The number of hydrogen-bond acceptors (Lipinski definition) is 12. The van der Waals surface area contributed by atoms with E-state index in [2.05, 4.69) is 33.8 Å². The monoisotopic (exact) mass is 808 g/mol. The number of para-hydroxylation sites is 1. The largest absolute Gasteiger partial charge is 0.496 e. The molecule has 13 heteroatoms. The van der Waals surface area contributed by atoms with Crippen LogP contribution in [-0.4, -0.2) is 128 Å². The lowest BCUT2D eigenvalue weighted by atomic mass is 9.47. The topological polar surface area (TPSA) is 151 Å². The Morgan fingerprint density at radius 1 is 0.983 bits per heavy atom. The fourth-order valence-electron chi connectivity index (χ4n) is 13.3. The van der Waals surface area contributed by atoms with Crippen LogP contribution < -0.4 is 9.64 Å². The van der Waals surface area contributed by atoms with Crippen LogP contribution in [-0.2, 0) is 50.6 Å². The number of likely N-dealkylation sites (N-methyl/N-ethyl adjacent to an activating group) is 1. The summed E-state index contributed by atoms with van der Waals surface area (Å²) in [4.78, 5) is 67.6. The number of rotatable bonds is 7. The summed E-state index contributed by atoms with van der Waals surface area (Å²) in [6.45, 7) is 8.55. The molecule has 10 atom stereocenters. The van der Waals surface area contributed by atoms with Crippen LogP contribution in [0.1, 0.15) is 68.8 Å². The summed E-state index contributed by atoms with van der Waals surface area (Å²) in [5, 5.41) is 14.3. The molecule has 0 amide bonds. The Kier molecular flexibility index (Phi) is 9.37. The molecule has 59 heavy (non-hydrogen) atoms. The summed E-state index contributed by atoms with van der Waals surface area (Å²) < 4.78 is 23.9. The van der Waals surface area contributed by atoms with E-state index < -0.39 is 57.8 Å². The van der Waals surface area contributed by atoms with Gasteiger partial charge in [0.05, 0.1) is 27.4 Å². The standard InChI is InChI=1S/C46H56N4O9/c1-8-27-24-49-19-15-30-29-13-10-11-14-33(29)47-37(30)45(41(53)57-6,23-28(25-49)36(27)52)32-21-31-34(22-35(32)56-5)48(4)39-44(31)17-20-50-18-12-16-43(9-2,38(44)50)40(59-26(3)51)46(39,55)42(54)58-7/h10-14,16,21-22,27-28,38-40,47,55H,8-9,15,17-20,23-25H2,1-7H3/t27-,28+,38+,39-,40-,43-,44-,45+,46+/m1/s1. The molecule has 1 unspecified atom stereocenters. The summed E-state index contributed by atoms with van der Waals surface area (Å²) >= 11 is 0. The van der Waals surface area contributed by atoms with Crippen molar-refractivity contribution in [3.63, 3.8) is 0 Å². The Morgan fingerprint density at radius 2 is 1.75 bits per heavy atom. The van der Waals surface area contributed by atoms with E-state index in [4.69, 9.17) is 18.9 Å². The molecular weight excluding hydrogens is 753 g/mol. The third-order valence-corrected chi connectivity index (χ3v) is 15.5. The SMILES string of the molecule is CC[C@@H]1CN2CCc3c([nH]c4ccccc34)[C@@](C(=O)OC)(c3cc4c(cc3OC)N(C)[C@H]3[C@@](O)(C(=O)OC)[C@H](OC(C)=O)[C@]5(CC)C=CCN6CC[C@]43[C@@H]65)C[C@@H](C2)C1=O. The number of nitrogens with zero attached hydrogens (tertiary/aromatic N) is 3. The molecular formula is C46H56N4O9. The van der Waals surface area contributed by atoms with Crippen LogP contribution in [0.5, 0.6) is 5.75 Å². The van der Waals surface area contributed by atoms with Crippen LogP contribution in [0.4, 0.5) is 5.69 Å². The van der Waals surface area contributed by atoms with E-state index in [1.54, 1.807) is 7.11 Å². The molecule has 6 heterocycles. The van der Waals surface area contributed by atoms with Crippen LogP contribution in [0.25, 0.3) is 10.9 Å². The maximum Gasteiger partial charge on any atom is 0.344 e. The van der Waals surface area contributed by atoms with Gasteiger partial charge >= 0.3 is 17.9 Å². The second-order valence-corrected chi connectivity index (χ2v) is 17.8. The molecule has 1 aliphatic carbocycles. The van der Waals surface area contributed by atoms with Crippen LogP contribution >= 0.6 is 0 Å². The molecule has 3 fully saturated rings. The molecule has 5 aliphatic heterocycles. The Morgan fingerprint density at radius 3 is 2.44 bits per heavy atom. The Hall–Kier alpha value is -4.72. The molecule has 2 bridgehead atoms. The minimum atomic E-state index is -2.32. The Balaban J connectivity index is 1.37. The van der Waals surface area contributed by atoms with Crippen molar-refractivity contribution >= 4 is 40.3 Å². The Labute approximate surface area is 345 Å². The molecule has 314 valence electrons. The molecule has 0 radical (unpaired) electrons. The van der Waals surface area contributed by atoms with Crippen molar-refractivity contribution in [1.82, 2.24) is 14.8 Å². The van der Waals surface area contributed by atoms with Gasteiger partial charge in [-0.1, -0.05) is 44.2 Å². The van der Waals surface area contributed by atoms with Gasteiger partial charge in [0.15, 0.2) is 6.10 Å². The highest BCUT2D eigenvalue weighted by Gasteiger charge is 2.80. The summed E-state index contributed by atoms with van der Waals surface area (Å²) in [6.07, 6.45) is 5.29. The van der Waals surface area contributed by atoms with Crippen molar-refractivity contribution in [1.29, 1.82) is 0 Å². The van der Waals surface area contributed by atoms with Gasteiger partial charge in [-0.2, -0.15) is 0 Å². The summed E-state index contributed by atoms with van der Waals surface area (Å²) in [5.74, 6) is -2.11. The summed E-state index contributed by atoms with van der Waals surface area (Å²) in [7, 11) is 6.07. The van der Waals surface area contributed by atoms with E-state index in [1.807, 2.05) is 55.3 Å². The average Bonchev–Trinajstić information content (AvgIpc) is 3.91. The molecule has 2 aromatic carbocycles. The molecule has 3 aromatic rings. The fourth-order valence-corrected chi connectivity index (χ4v) is 13.3. The minimum absolute atomic E-state index is 0.143. The predicted octanol–water partition coefficient (Wildman–Crippen LogP) is 4.06. The van der Waals surface area contributed by atoms with E-state index in [1.165, 1.54) is 21.1 Å². The van der Waals surface area contributed by atoms with Crippen molar-refractivity contribution in [2.24, 2.45) is 17.3 Å². The lowest BCUT2D eigenvalue weighted by Crippen LogP contribution is -2.81. The lowest BCUT2D eigenvalue weighted by molar-refractivity contribution is -0.228. The van der Waals surface area contributed by atoms with Crippen molar-refractivity contribution in [3.8, 4) is 5.75 Å². The van der Waals surface area contributed by atoms with E-state index in [0.29, 0.717) is 74.6 Å². The maximum atomic E-state index is 15.3. The molecule has 2 saturated heterocycles. The number of piperidine rings is 1. The molecule has 2 N–H and O–H groups in total. The van der Waals surface area contributed by atoms with Gasteiger partial charge in [-0.3, -0.25) is 19.3 Å². The molecule has 6 aliphatic rings. The Bertz CT molecular complexity index is 2290. The number of aliphatic hydroxyl groups is 1. The number of H-pyrrole nitrogens is 1. The number of carbonyl (C=O) groups is 4. The van der Waals surface area contributed by atoms with Crippen molar-refractivity contribution < 1.29 is 43.2 Å². The number of methoxy groups -OCH3 is 3. The number of ketones is 1. The third-order valence-electron chi connectivity index (χ3n) is 15.5. The van der Waals surface area contributed by atoms with Gasteiger partial charge in [-0.25, -0.2) is 4.79 Å². The first-order valence-corrected chi connectivity index (χ1v) is 21.1. The molecule has 13 nitrogen and oxygen atoms in total. The van der Waals surface area contributed by atoms with Crippen molar-refractivity contribution in [3.05, 3.63) is 70.9 Å². The normalized spacial score (nSPS) is 35.7. The molecule has 1 spiro atoms. The van der Waals surface area contributed by atoms with E-state index >= 15 is 4.79 Å². The zero-order chi connectivity index (χ0) is 41.8. The zero-order valence-electron chi connectivity index (χ0n) is 35.1. The van der Waals surface area contributed by atoms with Crippen molar-refractivity contribution in [2.75, 3.05) is 66.0 Å². The van der Waals surface area contributed by atoms with Crippen LogP contribution in [0.15, 0.2) is 48.6 Å². The summed E-state index contributed by atoms with van der Waals surface area (Å²) in [6, 6.07) is 10.8. The highest BCUT2D eigenvalue weighted by molar-refractivity contribution is 5.96. The smallest absolute Gasteiger partial charge is 0.344 e. The minimum Gasteiger partial charge on any atom is -0.496 e. The zero-order valence-corrected chi connectivity index (χ0v) is 35.1. The van der Waals surface area contributed by atoms with Crippen LogP contribution in [0.3, 0.4) is 0 Å². The highest BCUT2D eigenvalue weighted by atomic mass is 16.6. The first-order valence-electron chi connectivity index (χ1n) is 21.1. The number of carbonyl (C=O) groups excluding carboxylic acids is 4. The molecule has 9 rings (SSSR count). The fraction of sp³-hybridized carbons (Fsp3) is 0.565. The predicted molar refractivity (Wildman–Crippen MR) is 219 cm³/mol. The van der Waals surface area contributed by atoms with Gasteiger partial charge in [0.25, 0.3) is 0 Å². The second kappa shape index (κ2) is 13.9. The van der Waals surface area contributed by atoms with Gasteiger partial charge in [-0.15, -0.1) is 0 Å².